The maximum atomic E-state index is 13.5. The van der Waals surface area contributed by atoms with Gasteiger partial charge in [-0.2, -0.15) is 17.6 Å². The van der Waals surface area contributed by atoms with E-state index in [1.807, 2.05) is 0 Å². The summed E-state index contributed by atoms with van der Waals surface area (Å²) in [6.07, 6.45) is -10.2. The Morgan fingerprint density at radius 3 is 1.78 bits per heavy atom. The van der Waals surface area contributed by atoms with Gasteiger partial charge >= 0.3 is 12.2 Å². The van der Waals surface area contributed by atoms with E-state index in [1.54, 1.807) is 6.92 Å². The van der Waals surface area contributed by atoms with Crippen LogP contribution in [-0.2, 0) is 33.2 Å². The van der Waals surface area contributed by atoms with Crippen molar-refractivity contribution in [2.45, 2.75) is 37.8 Å². The van der Waals surface area contributed by atoms with Crippen LogP contribution < -0.4 is 0 Å². The van der Waals surface area contributed by atoms with E-state index in [0.29, 0.717) is 19.6 Å². The van der Waals surface area contributed by atoms with Gasteiger partial charge in [0.2, 0.25) is 0 Å². The number of hydrogen-bond acceptors (Lipinski definition) is 10. The van der Waals surface area contributed by atoms with Gasteiger partial charge in [-0.05, 0) is 13.3 Å². The minimum absolute atomic E-state index is 0.0126. The molecule has 2 unspecified atom stereocenters. The van der Waals surface area contributed by atoms with Gasteiger partial charge in [0.05, 0.1) is 39.6 Å². The fraction of sp³-hybridized carbons (Fsp3) is 1.00. The summed E-state index contributed by atoms with van der Waals surface area (Å²) in [5.74, 6) is 0. The number of hydrogen-bond donors (Lipinski definition) is 3. The average molecular weight is 486 g/mol. The third kappa shape index (κ3) is 20.0. The normalized spacial score (nSPS) is 14.6. The highest BCUT2D eigenvalue weighted by Crippen LogP contribution is 2.27. The lowest BCUT2D eigenvalue weighted by Crippen LogP contribution is -2.40. The summed E-state index contributed by atoms with van der Waals surface area (Å²) in [7, 11) is 0. The van der Waals surface area contributed by atoms with Gasteiger partial charge in [-0.1, -0.05) is 0 Å². The number of alkyl halides is 4. The minimum atomic E-state index is -4.31. The van der Waals surface area contributed by atoms with Crippen molar-refractivity contribution in [2.75, 3.05) is 79.5 Å². The summed E-state index contributed by atoms with van der Waals surface area (Å²) in [6.45, 7) is -2.05. The Labute approximate surface area is 184 Å². The molecule has 0 aliphatic heterocycles. The molecule has 0 amide bonds. The molecule has 3 N–H and O–H groups in total. The molecule has 32 heavy (non-hydrogen) atoms. The molecule has 0 aromatic heterocycles. The Morgan fingerprint density at radius 2 is 1.19 bits per heavy atom. The summed E-state index contributed by atoms with van der Waals surface area (Å²) in [5, 5.41) is 27.4. The molecule has 0 aliphatic carbocycles. The van der Waals surface area contributed by atoms with Crippen molar-refractivity contribution in [3.8, 4) is 0 Å². The zero-order valence-corrected chi connectivity index (χ0v) is 18.1. The zero-order valence-electron chi connectivity index (χ0n) is 18.1. The average Bonchev–Trinajstić information content (AvgIpc) is 2.70. The van der Waals surface area contributed by atoms with Crippen LogP contribution in [0.3, 0.4) is 0 Å². The summed E-state index contributed by atoms with van der Waals surface area (Å²) in [6, 6.07) is 0. The molecule has 2 atom stereocenters. The Balaban J connectivity index is 3.78. The number of halogens is 4. The van der Waals surface area contributed by atoms with Crippen molar-refractivity contribution >= 4 is 0 Å². The molecule has 0 aromatic carbocycles. The van der Waals surface area contributed by atoms with E-state index in [0.717, 1.165) is 0 Å². The summed E-state index contributed by atoms with van der Waals surface area (Å²) >= 11 is 0. The molecule has 0 radical (unpaired) electrons. The standard InChI is InChI=1S/C18H34F4O10/c1-2-26-8-15(24)11-30-12-17(19,20)32-18(21,22)13-31-14-29-7-6-28-10-16(25)9-27-5-3-4-23/h15-16,23-25H,2-14H2,1H3. The SMILES string of the molecule is CCOCC(O)COCC(F)(F)OC(F)(F)COCOCCOCC(O)COCCCO. The van der Waals surface area contributed by atoms with Gasteiger partial charge in [-0.3, -0.25) is 4.74 Å². The molecular formula is C18H34F4O10. The molecule has 0 aromatic rings. The van der Waals surface area contributed by atoms with Crippen LogP contribution >= 0.6 is 0 Å². The van der Waals surface area contributed by atoms with E-state index in [-0.39, 0.29) is 39.6 Å². The predicted octanol–water partition coefficient (Wildman–Crippen LogP) is 0.370. The summed E-state index contributed by atoms with van der Waals surface area (Å²) in [5.41, 5.74) is 0. The summed E-state index contributed by atoms with van der Waals surface area (Å²) in [4.78, 5) is 0. The molecule has 0 fully saturated rings. The maximum Gasteiger partial charge on any atom is 0.383 e. The van der Waals surface area contributed by atoms with E-state index in [9.17, 15) is 27.8 Å². The van der Waals surface area contributed by atoms with Crippen molar-refractivity contribution < 1.29 is 66.0 Å². The van der Waals surface area contributed by atoms with Crippen molar-refractivity contribution in [1.29, 1.82) is 0 Å². The Morgan fingerprint density at radius 1 is 0.688 bits per heavy atom. The van der Waals surface area contributed by atoms with Crippen molar-refractivity contribution in [3.05, 3.63) is 0 Å². The van der Waals surface area contributed by atoms with Crippen LogP contribution in [0.1, 0.15) is 13.3 Å². The van der Waals surface area contributed by atoms with E-state index in [4.69, 9.17) is 24.1 Å². The van der Waals surface area contributed by atoms with Gasteiger partial charge in [-0.25, -0.2) is 0 Å². The lowest BCUT2D eigenvalue weighted by Gasteiger charge is -2.24. The number of rotatable bonds is 23. The third-order valence-electron chi connectivity index (χ3n) is 3.27. The fourth-order valence-electron chi connectivity index (χ4n) is 1.94. The van der Waals surface area contributed by atoms with E-state index in [1.165, 1.54) is 0 Å². The molecule has 0 rings (SSSR count). The molecule has 0 bridgehead atoms. The lowest BCUT2D eigenvalue weighted by molar-refractivity contribution is -0.396. The molecule has 0 heterocycles. The van der Waals surface area contributed by atoms with Crippen LogP contribution in [0.4, 0.5) is 17.6 Å². The van der Waals surface area contributed by atoms with Crippen molar-refractivity contribution in [3.63, 3.8) is 0 Å². The minimum Gasteiger partial charge on any atom is -0.396 e. The largest absolute Gasteiger partial charge is 0.396 e. The zero-order chi connectivity index (χ0) is 24.3. The molecular weight excluding hydrogens is 452 g/mol. The van der Waals surface area contributed by atoms with Crippen LogP contribution in [-0.4, -0.2) is 119 Å². The second kappa shape index (κ2) is 18.7. The highest BCUT2D eigenvalue weighted by atomic mass is 19.3. The second-order valence-electron chi connectivity index (χ2n) is 6.46. The quantitative estimate of drug-likeness (QED) is 0.106. The fourth-order valence-corrected chi connectivity index (χ4v) is 1.94. The molecule has 0 saturated carbocycles. The van der Waals surface area contributed by atoms with Gasteiger partial charge in [0.15, 0.2) is 0 Å². The topological polar surface area (TPSA) is 125 Å². The molecule has 194 valence electrons. The Bertz CT molecular complexity index is 435. The number of aliphatic hydroxyl groups is 3. The second-order valence-corrected chi connectivity index (χ2v) is 6.46. The van der Waals surface area contributed by atoms with Crippen LogP contribution in [0, 0.1) is 0 Å². The predicted molar refractivity (Wildman–Crippen MR) is 100 cm³/mol. The lowest BCUT2D eigenvalue weighted by atomic mass is 10.4. The van der Waals surface area contributed by atoms with Crippen LogP contribution in [0.25, 0.3) is 0 Å². The van der Waals surface area contributed by atoms with Gasteiger partial charge in [0, 0.05) is 19.8 Å². The van der Waals surface area contributed by atoms with Crippen LogP contribution in [0.15, 0.2) is 0 Å². The molecule has 0 saturated heterocycles. The number of ether oxygens (including phenoxy) is 7. The van der Waals surface area contributed by atoms with E-state index < -0.39 is 51.0 Å². The first-order chi connectivity index (χ1) is 15.1. The molecule has 10 nitrogen and oxygen atoms in total. The van der Waals surface area contributed by atoms with Crippen LogP contribution in [0.2, 0.25) is 0 Å². The van der Waals surface area contributed by atoms with Gasteiger partial charge in [0.1, 0.15) is 32.2 Å². The van der Waals surface area contributed by atoms with Gasteiger partial charge < -0.3 is 43.7 Å². The monoisotopic (exact) mass is 486 g/mol. The summed E-state index contributed by atoms with van der Waals surface area (Å²) < 4.78 is 86.0. The maximum absolute atomic E-state index is 13.5. The van der Waals surface area contributed by atoms with Crippen molar-refractivity contribution in [2.24, 2.45) is 0 Å². The van der Waals surface area contributed by atoms with Gasteiger partial charge in [-0.15, -0.1) is 0 Å². The Kier molecular flexibility index (Phi) is 18.3. The highest BCUT2D eigenvalue weighted by Gasteiger charge is 2.44. The highest BCUT2D eigenvalue weighted by molar-refractivity contribution is 4.60. The first-order valence-corrected chi connectivity index (χ1v) is 10.0. The van der Waals surface area contributed by atoms with Crippen molar-refractivity contribution in [1.82, 2.24) is 0 Å². The number of aliphatic hydroxyl groups excluding tert-OH is 3. The van der Waals surface area contributed by atoms with E-state index in [2.05, 4.69) is 14.2 Å². The van der Waals surface area contributed by atoms with Gasteiger partial charge in [0.25, 0.3) is 0 Å². The first kappa shape index (κ1) is 31.3. The third-order valence-corrected chi connectivity index (χ3v) is 3.27. The first-order valence-electron chi connectivity index (χ1n) is 10.0. The molecule has 0 aliphatic rings. The van der Waals surface area contributed by atoms with Crippen LogP contribution in [0.5, 0.6) is 0 Å². The smallest absolute Gasteiger partial charge is 0.383 e. The molecule has 14 heteroatoms. The van der Waals surface area contributed by atoms with E-state index >= 15 is 0 Å². The molecule has 0 spiro atoms. The Hall–Kier alpha value is -0.680.